The van der Waals surface area contributed by atoms with Crippen molar-refractivity contribution in [2.75, 3.05) is 11.4 Å². The number of aliphatic hydroxyl groups excluding tert-OH is 1. The molecule has 1 aromatic carbocycles. The lowest BCUT2D eigenvalue weighted by Crippen LogP contribution is -2.38. The Bertz CT molecular complexity index is 534. The zero-order valence-electron chi connectivity index (χ0n) is 11.6. The van der Waals surface area contributed by atoms with Crippen molar-refractivity contribution in [2.24, 2.45) is 0 Å². The van der Waals surface area contributed by atoms with Gasteiger partial charge in [-0.3, -0.25) is 9.59 Å². The van der Waals surface area contributed by atoms with E-state index in [9.17, 15) is 14.7 Å². The second-order valence-electron chi connectivity index (χ2n) is 4.90. The molecule has 0 atom stereocenters. The maximum Gasteiger partial charge on any atom is 0.293 e. The standard InChI is InChI=1S/C16H19NO3/c1-2-3-9-14(18)13-10-11-17(16(20)15(13)19)12-7-5-4-6-8-12/h4-8,19H,2-3,9-11H2,1H3. The monoisotopic (exact) mass is 273 g/mol. The molecule has 0 saturated heterocycles. The summed E-state index contributed by atoms with van der Waals surface area (Å²) in [5.74, 6) is -0.978. The number of hydrogen-bond acceptors (Lipinski definition) is 3. The molecule has 0 spiro atoms. The average Bonchev–Trinajstić information content (AvgIpc) is 2.48. The van der Waals surface area contributed by atoms with Crippen LogP contribution < -0.4 is 4.90 Å². The van der Waals surface area contributed by atoms with Gasteiger partial charge < -0.3 is 10.0 Å². The maximum absolute atomic E-state index is 12.2. The van der Waals surface area contributed by atoms with Gasteiger partial charge in [0, 0.05) is 24.2 Å². The van der Waals surface area contributed by atoms with Crippen molar-refractivity contribution in [1.29, 1.82) is 0 Å². The van der Waals surface area contributed by atoms with E-state index in [0.717, 1.165) is 18.5 Å². The van der Waals surface area contributed by atoms with Crippen LogP contribution in [0.3, 0.4) is 0 Å². The van der Waals surface area contributed by atoms with Gasteiger partial charge in [-0.2, -0.15) is 0 Å². The second-order valence-corrected chi connectivity index (χ2v) is 4.90. The number of aliphatic hydroxyl groups is 1. The van der Waals surface area contributed by atoms with Crippen molar-refractivity contribution in [3.63, 3.8) is 0 Å². The van der Waals surface area contributed by atoms with E-state index < -0.39 is 5.91 Å². The van der Waals surface area contributed by atoms with Gasteiger partial charge in [0.15, 0.2) is 11.5 Å². The first-order valence-electron chi connectivity index (χ1n) is 6.97. The highest BCUT2D eigenvalue weighted by Crippen LogP contribution is 2.25. The highest BCUT2D eigenvalue weighted by molar-refractivity contribution is 6.11. The molecule has 0 unspecified atom stereocenters. The first-order valence-corrected chi connectivity index (χ1v) is 6.97. The molecule has 0 radical (unpaired) electrons. The summed E-state index contributed by atoms with van der Waals surface area (Å²) in [5, 5.41) is 10.0. The molecular formula is C16H19NO3. The molecular weight excluding hydrogens is 254 g/mol. The van der Waals surface area contributed by atoms with E-state index in [1.807, 2.05) is 37.3 Å². The second kappa shape index (κ2) is 6.37. The third kappa shape index (κ3) is 2.90. The molecule has 0 aliphatic carbocycles. The summed E-state index contributed by atoms with van der Waals surface area (Å²) in [4.78, 5) is 25.7. The van der Waals surface area contributed by atoms with E-state index >= 15 is 0 Å². The van der Waals surface area contributed by atoms with Gasteiger partial charge in [-0.25, -0.2) is 0 Å². The van der Waals surface area contributed by atoms with Crippen LogP contribution in [0.2, 0.25) is 0 Å². The molecule has 1 aliphatic heterocycles. The van der Waals surface area contributed by atoms with Crippen LogP contribution in [0.5, 0.6) is 0 Å². The van der Waals surface area contributed by atoms with Crippen LogP contribution in [0.25, 0.3) is 0 Å². The predicted octanol–water partition coefficient (Wildman–Crippen LogP) is 2.99. The Balaban J connectivity index is 2.18. The van der Waals surface area contributed by atoms with E-state index in [1.165, 1.54) is 4.90 Å². The fourth-order valence-electron chi connectivity index (χ4n) is 2.31. The molecule has 4 heteroatoms. The first-order chi connectivity index (χ1) is 9.65. The van der Waals surface area contributed by atoms with Gasteiger partial charge >= 0.3 is 0 Å². The molecule has 1 amide bonds. The lowest BCUT2D eigenvalue weighted by Gasteiger charge is -2.27. The van der Waals surface area contributed by atoms with Crippen LogP contribution in [-0.2, 0) is 9.59 Å². The summed E-state index contributed by atoms with van der Waals surface area (Å²) >= 11 is 0. The van der Waals surface area contributed by atoms with Crippen molar-refractivity contribution in [2.45, 2.75) is 32.6 Å². The molecule has 0 bridgehead atoms. The van der Waals surface area contributed by atoms with Gasteiger partial charge in [0.05, 0.1) is 0 Å². The largest absolute Gasteiger partial charge is 0.503 e. The average molecular weight is 273 g/mol. The summed E-state index contributed by atoms with van der Waals surface area (Å²) in [6.07, 6.45) is 2.51. The first kappa shape index (κ1) is 14.3. The normalized spacial score (nSPS) is 15.7. The molecule has 1 N–H and O–H groups in total. The number of benzene rings is 1. The topological polar surface area (TPSA) is 57.6 Å². The lowest BCUT2D eigenvalue weighted by atomic mass is 9.98. The van der Waals surface area contributed by atoms with Crippen molar-refractivity contribution in [3.8, 4) is 0 Å². The number of anilines is 1. The summed E-state index contributed by atoms with van der Waals surface area (Å²) in [6.45, 7) is 2.44. The van der Waals surface area contributed by atoms with Crippen LogP contribution in [0.1, 0.15) is 32.6 Å². The Morgan fingerprint density at radius 2 is 2.00 bits per heavy atom. The number of amides is 1. The summed E-state index contributed by atoms with van der Waals surface area (Å²) in [5.41, 5.74) is 1.03. The molecule has 106 valence electrons. The van der Waals surface area contributed by atoms with Gasteiger partial charge in [-0.05, 0) is 25.0 Å². The number of Topliss-reactive ketones (excluding diaryl/α,β-unsaturated/α-hetero) is 1. The minimum atomic E-state index is -0.484. The number of rotatable bonds is 5. The molecule has 1 heterocycles. The molecule has 2 rings (SSSR count). The molecule has 0 fully saturated rings. The number of ketones is 1. The van der Waals surface area contributed by atoms with E-state index in [2.05, 4.69) is 0 Å². The van der Waals surface area contributed by atoms with Gasteiger partial charge in [0.25, 0.3) is 5.91 Å². The van der Waals surface area contributed by atoms with E-state index in [-0.39, 0.29) is 17.1 Å². The Hall–Kier alpha value is -2.10. The fourth-order valence-corrected chi connectivity index (χ4v) is 2.31. The third-order valence-electron chi connectivity index (χ3n) is 3.48. The van der Waals surface area contributed by atoms with Crippen LogP contribution in [0.4, 0.5) is 5.69 Å². The van der Waals surface area contributed by atoms with Crippen LogP contribution in [0, 0.1) is 0 Å². The number of carbonyl (C=O) groups is 2. The SMILES string of the molecule is CCCCC(=O)C1=C(O)C(=O)N(c2ccccc2)CC1. The maximum atomic E-state index is 12.2. The molecule has 1 aromatic rings. The zero-order valence-corrected chi connectivity index (χ0v) is 11.6. The number of carbonyl (C=O) groups excluding carboxylic acids is 2. The van der Waals surface area contributed by atoms with Crippen LogP contribution in [0.15, 0.2) is 41.7 Å². The number of unbranched alkanes of at least 4 members (excludes halogenated alkanes) is 1. The van der Waals surface area contributed by atoms with Gasteiger partial charge in [0.2, 0.25) is 0 Å². The Morgan fingerprint density at radius 3 is 2.65 bits per heavy atom. The highest BCUT2D eigenvalue weighted by Gasteiger charge is 2.30. The van der Waals surface area contributed by atoms with Crippen molar-refractivity contribution in [3.05, 3.63) is 41.7 Å². The molecule has 0 aromatic heterocycles. The summed E-state index contributed by atoms with van der Waals surface area (Å²) < 4.78 is 0. The quantitative estimate of drug-likeness (QED) is 0.897. The highest BCUT2D eigenvalue weighted by atomic mass is 16.3. The summed E-state index contributed by atoms with van der Waals surface area (Å²) in [6, 6.07) is 9.17. The Kier molecular flexibility index (Phi) is 4.56. The minimum Gasteiger partial charge on any atom is -0.503 e. The van der Waals surface area contributed by atoms with Gasteiger partial charge in [-0.1, -0.05) is 31.5 Å². The number of nitrogens with zero attached hydrogens (tertiary/aromatic N) is 1. The van der Waals surface area contributed by atoms with E-state index in [4.69, 9.17) is 0 Å². The van der Waals surface area contributed by atoms with E-state index in [1.54, 1.807) is 0 Å². The molecule has 1 aliphatic rings. The lowest BCUT2D eigenvalue weighted by molar-refractivity contribution is -0.120. The minimum absolute atomic E-state index is 0.106. The third-order valence-corrected chi connectivity index (χ3v) is 3.48. The number of hydrogen-bond donors (Lipinski definition) is 1. The Labute approximate surface area is 118 Å². The van der Waals surface area contributed by atoms with Crippen molar-refractivity contribution >= 4 is 17.4 Å². The van der Waals surface area contributed by atoms with Crippen LogP contribution >= 0.6 is 0 Å². The zero-order chi connectivity index (χ0) is 14.5. The smallest absolute Gasteiger partial charge is 0.293 e. The van der Waals surface area contributed by atoms with Gasteiger partial charge in [0.1, 0.15) is 0 Å². The number of para-hydroxylation sites is 1. The van der Waals surface area contributed by atoms with Crippen molar-refractivity contribution < 1.29 is 14.7 Å². The molecule has 4 nitrogen and oxygen atoms in total. The summed E-state index contributed by atoms with van der Waals surface area (Å²) in [7, 11) is 0. The predicted molar refractivity (Wildman–Crippen MR) is 77.6 cm³/mol. The Morgan fingerprint density at radius 1 is 1.30 bits per heavy atom. The fraction of sp³-hybridized carbons (Fsp3) is 0.375. The van der Waals surface area contributed by atoms with E-state index in [0.29, 0.717) is 19.4 Å². The molecule has 0 saturated carbocycles. The van der Waals surface area contributed by atoms with Crippen LogP contribution in [-0.4, -0.2) is 23.3 Å². The van der Waals surface area contributed by atoms with Gasteiger partial charge in [-0.15, -0.1) is 0 Å². The van der Waals surface area contributed by atoms with Crippen molar-refractivity contribution in [1.82, 2.24) is 0 Å². The molecule has 20 heavy (non-hydrogen) atoms.